The number of nitriles is 1. The molecule has 2 aromatic rings. The van der Waals surface area contributed by atoms with Crippen molar-refractivity contribution in [3.05, 3.63) is 70.7 Å². The molecule has 1 N–H and O–H groups in total. The lowest BCUT2D eigenvalue weighted by atomic mass is 9.62. The van der Waals surface area contributed by atoms with Gasteiger partial charge in [0.15, 0.2) is 0 Å². The minimum absolute atomic E-state index is 0.00151. The van der Waals surface area contributed by atoms with Crippen LogP contribution in [0.5, 0.6) is 11.5 Å². The number of nitrogens with zero attached hydrogens (tertiary/aromatic N) is 1. The van der Waals surface area contributed by atoms with Gasteiger partial charge in [-0.1, -0.05) is 66.5 Å². The van der Waals surface area contributed by atoms with Crippen molar-refractivity contribution in [2.24, 2.45) is 17.3 Å². The number of allylic oxidation sites excluding steroid dienone is 1. The number of para-hydroxylation sites is 1. The molecule has 3 atom stereocenters. The lowest BCUT2D eigenvalue weighted by Crippen LogP contribution is -2.44. The first-order valence-electron chi connectivity index (χ1n) is 9.38. The molecule has 0 aliphatic heterocycles. The predicted octanol–water partition coefficient (Wildman–Crippen LogP) is 6.52. The van der Waals surface area contributed by atoms with Gasteiger partial charge < -0.3 is 9.84 Å². The Bertz CT molecular complexity index is 946. The van der Waals surface area contributed by atoms with Crippen LogP contribution >= 0.6 is 23.2 Å². The molecule has 3 rings (SSSR count). The number of benzene rings is 2. The summed E-state index contributed by atoms with van der Waals surface area (Å²) in [5.41, 5.74) is -0.726. The molecule has 2 aromatic carbocycles. The second-order valence-corrected chi connectivity index (χ2v) is 8.32. The lowest BCUT2D eigenvalue weighted by molar-refractivity contribution is -0.154. The second kappa shape index (κ2) is 8.90. The van der Waals surface area contributed by atoms with Crippen molar-refractivity contribution in [1.29, 1.82) is 5.26 Å². The van der Waals surface area contributed by atoms with Gasteiger partial charge in [0, 0.05) is 0 Å². The van der Waals surface area contributed by atoms with Gasteiger partial charge in [0.1, 0.15) is 16.0 Å². The highest BCUT2D eigenvalue weighted by Gasteiger charge is 2.59. The molecular weight excluding hydrogens is 409 g/mol. The standard InChI is InChI=1S/C23H21Cl2NO3/c1-15(12-21(24)25)23(22(27)28,17-10-11-17)20(14-26)16-6-5-9-19(13-16)29-18-7-3-2-4-8-18/h2-9,12-13,15,17,20H,10-11H2,1H3,(H,27,28). The van der Waals surface area contributed by atoms with Gasteiger partial charge in [0.25, 0.3) is 0 Å². The number of carboxylic acids is 1. The van der Waals surface area contributed by atoms with E-state index in [4.69, 9.17) is 27.9 Å². The Labute approximate surface area is 180 Å². The Morgan fingerprint density at radius 3 is 2.41 bits per heavy atom. The van der Waals surface area contributed by atoms with Gasteiger partial charge in [0.05, 0.1) is 17.4 Å². The van der Waals surface area contributed by atoms with Crippen LogP contribution in [0.2, 0.25) is 0 Å². The SMILES string of the molecule is CC(C=C(Cl)Cl)C(C(=O)O)(C1CC1)C(C#N)c1cccc(Oc2ccccc2)c1. The molecular formula is C23H21Cl2NO3. The first-order chi connectivity index (χ1) is 13.9. The Kier molecular flexibility index (Phi) is 6.52. The van der Waals surface area contributed by atoms with Crippen molar-refractivity contribution in [2.45, 2.75) is 25.7 Å². The van der Waals surface area contributed by atoms with Crippen LogP contribution in [0.15, 0.2) is 65.2 Å². The minimum Gasteiger partial charge on any atom is -0.481 e. The number of carbonyl (C=O) groups is 1. The largest absolute Gasteiger partial charge is 0.481 e. The fourth-order valence-electron chi connectivity index (χ4n) is 4.09. The molecule has 0 amide bonds. The summed E-state index contributed by atoms with van der Waals surface area (Å²) in [5, 5.41) is 20.4. The molecule has 0 bridgehead atoms. The van der Waals surface area contributed by atoms with E-state index in [9.17, 15) is 15.2 Å². The molecule has 29 heavy (non-hydrogen) atoms. The van der Waals surface area contributed by atoms with Crippen LogP contribution in [0, 0.1) is 28.6 Å². The van der Waals surface area contributed by atoms with Gasteiger partial charge in [-0.2, -0.15) is 5.26 Å². The highest BCUT2D eigenvalue weighted by molar-refractivity contribution is 6.55. The van der Waals surface area contributed by atoms with E-state index in [0.29, 0.717) is 17.1 Å². The molecule has 0 radical (unpaired) electrons. The van der Waals surface area contributed by atoms with E-state index < -0.39 is 23.2 Å². The summed E-state index contributed by atoms with van der Waals surface area (Å²) < 4.78 is 5.88. The van der Waals surface area contributed by atoms with Crippen LogP contribution in [0.25, 0.3) is 0 Å². The third-order valence-electron chi connectivity index (χ3n) is 5.53. The molecule has 0 spiro atoms. The van der Waals surface area contributed by atoms with Gasteiger partial charge in [-0.05, 0) is 54.5 Å². The van der Waals surface area contributed by atoms with Crippen LogP contribution in [-0.4, -0.2) is 11.1 Å². The number of carboxylic acid groups (broad SMARTS) is 1. The Hall–Kier alpha value is -2.48. The lowest BCUT2D eigenvalue weighted by Gasteiger charge is -2.38. The molecule has 4 nitrogen and oxygen atoms in total. The molecule has 0 aromatic heterocycles. The van der Waals surface area contributed by atoms with Gasteiger partial charge in [-0.15, -0.1) is 0 Å². The maximum Gasteiger partial charge on any atom is 0.312 e. The number of hydrogen-bond acceptors (Lipinski definition) is 3. The Morgan fingerprint density at radius 1 is 1.21 bits per heavy atom. The smallest absolute Gasteiger partial charge is 0.312 e. The maximum absolute atomic E-state index is 12.6. The third-order valence-corrected chi connectivity index (χ3v) is 5.78. The first kappa shape index (κ1) is 21.2. The Balaban J connectivity index is 2.04. The molecule has 1 saturated carbocycles. The summed E-state index contributed by atoms with van der Waals surface area (Å²) in [5.74, 6) is -1.34. The molecule has 150 valence electrons. The summed E-state index contributed by atoms with van der Waals surface area (Å²) >= 11 is 11.7. The predicted molar refractivity (Wildman–Crippen MR) is 113 cm³/mol. The van der Waals surface area contributed by atoms with Crippen LogP contribution in [0.1, 0.15) is 31.2 Å². The fraction of sp³-hybridized carbons (Fsp3) is 0.304. The number of ether oxygens (including phenoxy) is 1. The van der Waals surface area contributed by atoms with Crippen molar-refractivity contribution in [1.82, 2.24) is 0 Å². The number of halogens is 2. The summed E-state index contributed by atoms with van der Waals surface area (Å²) in [4.78, 5) is 12.6. The van der Waals surface area contributed by atoms with E-state index in [1.807, 2.05) is 30.3 Å². The molecule has 0 heterocycles. The Morgan fingerprint density at radius 2 is 1.86 bits per heavy atom. The van der Waals surface area contributed by atoms with E-state index in [1.165, 1.54) is 6.08 Å². The van der Waals surface area contributed by atoms with E-state index in [2.05, 4.69) is 6.07 Å². The van der Waals surface area contributed by atoms with E-state index in [-0.39, 0.29) is 10.4 Å². The quantitative estimate of drug-likeness (QED) is 0.518. The highest BCUT2D eigenvalue weighted by Crippen LogP contribution is 2.58. The summed E-state index contributed by atoms with van der Waals surface area (Å²) in [6, 6.07) is 18.6. The summed E-state index contributed by atoms with van der Waals surface area (Å²) in [6.45, 7) is 1.76. The number of rotatable bonds is 8. The maximum atomic E-state index is 12.6. The first-order valence-corrected chi connectivity index (χ1v) is 10.1. The van der Waals surface area contributed by atoms with Crippen molar-refractivity contribution in [3.63, 3.8) is 0 Å². The molecule has 3 unspecified atom stereocenters. The van der Waals surface area contributed by atoms with Crippen LogP contribution in [0.3, 0.4) is 0 Å². The van der Waals surface area contributed by atoms with Gasteiger partial charge in [-0.3, -0.25) is 4.79 Å². The molecule has 6 heteroatoms. The zero-order valence-electron chi connectivity index (χ0n) is 15.9. The summed E-state index contributed by atoms with van der Waals surface area (Å²) in [6.07, 6.45) is 3.02. The fourth-order valence-corrected chi connectivity index (χ4v) is 4.47. The van der Waals surface area contributed by atoms with E-state index in [1.54, 1.807) is 31.2 Å². The topological polar surface area (TPSA) is 70.3 Å². The molecule has 1 fully saturated rings. The summed E-state index contributed by atoms with van der Waals surface area (Å²) in [7, 11) is 0. The monoisotopic (exact) mass is 429 g/mol. The zero-order valence-corrected chi connectivity index (χ0v) is 17.4. The number of aliphatic carboxylic acids is 1. The van der Waals surface area contributed by atoms with E-state index >= 15 is 0 Å². The molecule has 1 aliphatic rings. The highest BCUT2D eigenvalue weighted by atomic mass is 35.5. The number of hydrogen-bond donors (Lipinski definition) is 1. The van der Waals surface area contributed by atoms with E-state index in [0.717, 1.165) is 12.8 Å². The van der Waals surface area contributed by atoms with Gasteiger partial charge in [0.2, 0.25) is 0 Å². The normalized spacial score (nSPS) is 17.3. The minimum atomic E-state index is -1.32. The van der Waals surface area contributed by atoms with Crippen LogP contribution < -0.4 is 4.74 Å². The van der Waals surface area contributed by atoms with Gasteiger partial charge >= 0.3 is 5.97 Å². The van der Waals surface area contributed by atoms with Crippen LogP contribution in [0.4, 0.5) is 0 Å². The zero-order chi connectivity index (χ0) is 21.0. The van der Waals surface area contributed by atoms with Gasteiger partial charge in [-0.25, -0.2) is 0 Å². The van der Waals surface area contributed by atoms with Crippen molar-refractivity contribution in [2.75, 3.05) is 0 Å². The van der Waals surface area contributed by atoms with Crippen molar-refractivity contribution in [3.8, 4) is 17.6 Å². The van der Waals surface area contributed by atoms with Crippen molar-refractivity contribution < 1.29 is 14.6 Å². The average molecular weight is 430 g/mol. The molecule has 0 saturated heterocycles. The van der Waals surface area contributed by atoms with Crippen molar-refractivity contribution >= 4 is 29.2 Å². The third kappa shape index (κ3) is 4.42. The van der Waals surface area contributed by atoms with Crippen LogP contribution in [-0.2, 0) is 4.79 Å². The second-order valence-electron chi connectivity index (χ2n) is 7.31. The molecule has 1 aliphatic carbocycles. The average Bonchev–Trinajstić information content (AvgIpc) is 3.51.